The van der Waals surface area contributed by atoms with E-state index in [1.807, 2.05) is 0 Å². The maximum absolute atomic E-state index is 11.3. The summed E-state index contributed by atoms with van der Waals surface area (Å²) in [6, 6.07) is 0.334. The van der Waals surface area contributed by atoms with Crippen LogP contribution in [-0.2, 0) is 14.6 Å². The van der Waals surface area contributed by atoms with Crippen molar-refractivity contribution in [1.29, 1.82) is 0 Å². The zero-order valence-corrected chi connectivity index (χ0v) is 11.3. The van der Waals surface area contributed by atoms with E-state index in [9.17, 15) is 8.42 Å². The Labute approximate surface area is 103 Å². The van der Waals surface area contributed by atoms with Gasteiger partial charge >= 0.3 is 0 Å². The SMILES string of the molecule is CCC1(C)CC(NC2C=CS(=O)(=O)C2)CCO1. The van der Waals surface area contributed by atoms with Crippen molar-refractivity contribution in [3.05, 3.63) is 11.5 Å². The van der Waals surface area contributed by atoms with Gasteiger partial charge in [-0.2, -0.15) is 0 Å². The number of rotatable bonds is 3. The molecule has 2 heterocycles. The van der Waals surface area contributed by atoms with Crippen molar-refractivity contribution in [2.45, 2.75) is 50.8 Å². The minimum Gasteiger partial charge on any atom is -0.375 e. The minimum atomic E-state index is -2.95. The van der Waals surface area contributed by atoms with E-state index in [0.29, 0.717) is 6.04 Å². The lowest BCUT2D eigenvalue weighted by atomic mass is 9.89. The lowest BCUT2D eigenvalue weighted by Gasteiger charge is -2.38. The van der Waals surface area contributed by atoms with Gasteiger partial charge < -0.3 is 10.1 Å². The second kappa shape index (κ2) is 4.71. The first kappa shape index (κ1) is 13.1. The fourth-order valence-electron chi connectivity index (χ4n) is 2.50. The summed E-state index contributed by atoms with van der Waals surface area (Å²) in [4.78, 5) is 0. The molecule has 1 fully saturated rings. The zero-order valence-electron chi connectivity index (χ0n) is 10.5. The summed E-state index contributed by atoms with van der Waals surface area (Å²) in [7, 11) is -2.95. The van der Waals surface area contributed by atoms with Crippen LogP contribution in [0.25, 0.3) is 0 Å². The quantitative estimate of drug-likeness (QED) is 0.828. The second-order valence-corrected chi connectivity index (χ2v) is 7.20. The van der Waals surface area contributed by atoms with E-state index in [1.54, 1.807) is 6.08 Å². The molecule has 17 heavy (non-hydrogen) atoms. The highest BCUT2D eigenvalue weighted by atomic mass is 32.2. The van der Waals surface area contributed by atoms with Crippen LogP contribution in [0.5, 0.6) is 0 Å². The van der Waals surface area contributed by atoms with E-state index < -0.39 is 9.84 Å². The molecule has 0 spiro atoms. The van der Waals surface area contributed by atoms with Crippen molar-refractivity contribution < 1.29 is 13.2 Å². The minimum absolute atomic E-state index is 0.0239. The van der Waals surface area contributed by atoms with Crippen LogP contribution in [0, 0.1) is 0 Å². The fourth-order valence-corrected chi connectivity index (χ4v) is 3.75. The smallest absolute Gasteiger partial charge is 0.173 e. The standard InChI is InChI=1S/C12H21NO3S/c1-3-12(2)8-10(4-6-16-12)13-11-5-7-17(14,15)9-11/h5,7,10-11,13H,3-4,6,8-9H2,1-2H3. The monoisotopic (exact) mass is 259 g/mol. The van der Waals surface area contributed by atoms with Crippen LogP contribution in [0.3, 0.4) is 0 Å². The topological polar surface area (TPSA) is 55.4 Å². The van der Waals surface area contributed by atoms with Gasteiger partial charge in [0.1, 0.15) is 0 Å². The molecule has 0 bridgehead atoms. The summed E-state index contributed by atoms with van der Waals surface area (Å²) < 4.78 is 28.4. The predicted molar refractivity (Wildman–Crippen MR) is 67.5 cm³/mol. The van der Waals surface area contributed by atoms with E-state index in [0.717, 1.165) is 25.9 Å². The molecule has 0 amide bonds. The molecule has 0 saturated carbocycles. The number of ether oxygens (including phenoxy) is 1. The van der Waals surface area contributed by atoms with Gasteiger partial charge in [0.05, 0.1) is 11.4 Å². The van der Waals surface area contributed by atoms with E-state index in [-0.39, 0.29) is 17.4 Å². The third-order valence-corrected chi connectivity index (χ3v) is 5.12. The van der Waals surface area contributed by atoms with Crippen molar-refractivity contribution in [3.8, 4) is 0 Å². The van der Waals surface area contributed by atoms with E-state index in [1.165, 1.54) is 5.41 Å². The number of hydrogen-bond acceptors (Lipinski definition) is 4. The van der Waals surface area contributed by atoms with E-state index >= 15 is 0 Å². The average molecular weight is 259 g/mol. The zero-order chi connectivity index (χ0) is 12.5. The first-order valence-electron chi connectivity index (χ1n) is 6.23. The number of sulfone groups is 1. The maximum atomic E-state index is 11.3. The molecule has 1 N–H and O–H groups in total. The molecule has 2 rings (SSSR count). The highest BCUT2D eigenvalue weighted by Gasteiger charge is 2.33. The van der Waals surface area contributed by atoms with E-state index in [2.05, 4.69) is 19.2 Å². The van der Waals surface area contributed by atoms with Crippen molar-refractivity contribution in [2.75, 3.05) is 12.4 Å². The van der Waals surface area contributed by atoms with Crippen molar-refractivity contribution >= 4 is 9.84 Å². The first-order valence-corrected chi connectivity index (χ1v) is 7.95. The molecule has 98 valence electrons. The molecule has 2 aliphatic rings. The van der Waals surface area contributed by atoms with Crippen LogP contribution in [0.1, 0.15) is 33.1 Å². The van der Waals surface area contributed by atoms with Gasteiger partial charge in [-0.25, -0.2) is 8.42 Å². The normalized spacial score (nSPS) is 40.6. The van der Waals surface area contributed by atoms with Gasteiger partial charge in [-0.3, -0.25) is 0 Å². The average Bonchev–Trinajstić information content (AvgIpc) is 2.58. The van der Waals surface area contributed by atoms with Gasteiger partial charge in [0.15, 0.2) is 9.84 Å². The Hall–Kier alpha value is -0.390. The third kappa shape index (κ3) is 3.30. The summed E-state index contributed by atoms with van der Waals surface area (Å²) in [5, 5.41) is 4.74. The lowest BCUT2D eigenvalue weighted by molar-refractivity contribution is -0.0783. The van der Waals surface area contributed by atoms with Crippen LogP contribution >= 0.6 is 0 Å². The van der Waals surface area contributed by atoms with Gasteiger partial charge in [-0.05, 0) is 26.2 Å². The molecule has 2 aliphatic heterocycles. The van der Waals surface area contributed by atoms with Crippen LogP contribution in [0.4, 0.5) is 0 Å². The van der Waals surface area contributed by atoms with Gasteiger partial charge in [0, 0.05) is 24.1 Å². The van der Waals surface area contributed by atoms with Crippen molar-refractivity contribution in [2.24, 2.45) is 0 Å². The lowest BCUT2D eigenvalue weighted by Crippen LogP contribution is -2.48. The van der Waals surface area contributed by atoms with E-state index in [4.69, 9.17) is 4.74 Å². The highest BCUT2D eigenvalue weighted by molar-refractivity contribution is 7.94. The Morgan fingerprint density at radius 1 is 1.53 bits per heavy atom. The molecule has 1 saturated heterocycles. The van der Waals surface area contributed by atoms with Crippen molar-refractivity contribution in [3.63, 3.8) is 0 Å². The van der Waals surface area contributed by atoms with Crippen LogP contribution in [-0.4, -0.2) is 38.5 Å². The van der Waals surface area contributed by atoms with Gasteiger partial charge in [0.25, 0.3) is 0 Å². The third-order valence-electron chi connectivity index (χ3n) is 3.72. The summed E-state index contributed by atoms with van der Waals surface area (Å²) >= 11 is 0. The Morgan fingerprint density at radius 2 is 2.29 bits per heavy atom. The Bertz CT molecular complexity index is 404. The number of hydrogen-bond donors (Lipinski definition) is 1. The second-order valence-electron chi connectivity index (χ2n) is 5.27. The Balaban J connectivity index is 1.90. The summed E-state index contributed by atoms with van der Waals surface area (Å²) in [6.07, 6.45) is 4.66. The van der Waals surface area contributed by atoms with Crippen molar-refractivity contribution in [1.82, 2.24) is 5.32 Å². The maximum Gasteiger partial charge on any atom is 0.173 e. The Kier molecular flexibility index (Phi) is 3.61. The molecule has 4 nitrogen and oxygen atoms in total. The first-order chi connectivity index (χ1) is 7.92. The Morgan fingerprint density at radius 3 is 2.88 bits per heavy atom. The van der Waals surface area contributed by atoms with Crippen LogP contribution in [0.2, 0.25) is 0 Å². The molecule has 3 unspecified atom stereocenters. The molecular weight excluding hydrogens is 238 g/mol. The summed E-state index contributed by atoms with van der Waals surface area (Å²) in [6.45, 7) is 5.01. The largest absolute Gasteiger partial charge is 0.375 e. The summed E-state index contributed by atoms with van der Waals surface area (Å²) in [5.41, 5.74) is -0.0584. The fraction of sp³-hybridized carbons (Fsp3) is 0.833. The molecule has 0 aliphatic carbocycles. The highest BCUT2D eigenvalue weighted by Crippen LogP contribution is 2.28. The molecule has 0 aromatic rings. The number of nitrogens with one attached hydrogen (secondary N) is 1. The molecule has 3 atom stereocenters. The van der Waals surface area contributed by atoms with Gasteiger partial charge in [0.2, 0.25) is 0 Å². The van der Waals surface area contributed by atoms with Crippen LogP contribution in [0.15, 0.2) is 11.5 Å². The molecule has 0 aromatic heterocycles. The van der Waals surface area contributed by atoms with Crippen LogP contribution < -0.4 is 5.32 Å². The molecule has 5 heteroatoms. The molecular formula is C12H21NO3S. The molecule has 0 radical (unpaired) electrons. The summed E-state index contributed by atoms with van der Waals surface area (Å²) in [5.74, 6) is 0.202. The van der Waals surface area contributed by atoms with Gasteiger partial charge in [-0.15, -0.1) is 0 Å². The van der Waals surface area contributed by atoms with Gasteiger partial charge in [-0.1, -0.05) is 13.0 Å². The predicted octanol–water partition coefficient (Wildman–Crippen LogP) is 1.23. The molecule has 0 aromatic carbocycles.